The monoisotopic (exact) mass is 342 g/mol. The molecule has 1 amide bonds. The van der Waals surface area contributed by atoms with Crippen LogP contribution in [0.1, 0.15) is 39.9 Å². The van der Waals surface area contributed by atoms with Gasteiger partial charge in [0.2, 0.25) is 5.95 Å². The maximum absolute atomic E-state index is 12.7. The maximum Gasteiger partial charge on any atom is 0.257 e. The van der Waals surface area contributed by atoms with Crippen molar-refractivity contribution in [1.82, 2.24) is 24.8 Å². The van der Waals surface area contributed by atoms with Crippen LogP contribution in [0.25, 0.3) is 0 Å². The first-order valence-electron chi connectivity index (χ1n) is 8.23. The van der Waals surface area contributed by atoms with E-state index in [9.17, 15) is 9.59 Å². The Labute approximate surface area is 145 Å². The molecular weight excluding hydrogens is 320 g/mol. The SMILES string of the molecule is Cc1ncc(C(=O)N2CCC(c3cc(=O)[nH]c(N(C)C)n3)C2)c(C)n1. The first kappa shape index (κ1) is 17.1. The van der Waals surface area contributed by atoms with Gasteiger partial charge in [-0.25, -0.2) is 15.0 Å². The van der Waals surface area contributed by atoms with Crippen molar-refractivity contribution in [2.24, 2.45) is 0 Å². The van der Waals surface area contributed by atoms with E-state index >= 15 is 0 Å². The Morgan fingerprint density at radius 2 is 2.08 bits per heavy atom. The summed E-state index contributed by atoms with van der Waals surface area (Å²) in [4.78, 5) is 43.8. The van der Waals surface area contributed by atoms with Gasteiger partial charge in [-0.15, -0.1) is 0 Å². The number of aryl methyl sites for hydroxylation is 2. The summed E-state index contributed by atoms with van der Waals surface area (Å²) in [5.41, 5.74) is 1.75. The van der Waals surface area contributed by atoms with Crippen molar-refractivity contribution in [2.75, 3.05) is 32.1 Å². The summed E-state index contributed by atoms with van der Waals surface area (Å²) in [6, 6.07) is 1.52. The molecule has 25 heavy (non-hydrogen) atoms. The number of anilines is 1. The number of likely N-dealkylation sites (tertiary alicyclic amines) is 1. The lowest BCUT2D eigenvalue weighted by atomic mass is 10.0. The van der Waals surface area contributed by atoms with Gasteiger partial charge in [0.05, 0.1) is 17.0 Å². The standard InChI is InChI=1S/C17H22N6O2/c1-10-13(8-18-11(2)19-10)16(25)23-6-5-12(9-23)14-7-15(24)21-17(20-14)22(3)4/h7-8,12H,5-6,9H2,1-4H3,(H,20,21,24). The number of hydrogen-bond donors (Lipinski definition) is 1. The number of hydrogen-bond acceptors (Lipinski definition) is 6. The minimum Gasteiger partial charge on any atom is -0.348 e. The second kappa shape index (κ2) is 6.62. The van der Waals surface area contributed by atoms with Crippen LogP contribution in [-0.4, -0.2) is 57.9 Å². The number of H-pyrrole nitrogens is 1. The van der Waals surface area contributed by atoms with E-state index < -0.39 is 0 Å². The first-order valence-corrected chi connectivity index (χ1v) is 8.23. The van der Waals surface area contributed by atoms with Crippen molar-refractivity contribution in [3.63, 3.8) is 0 Å². The smallest absolute Gasteiger partial charge is 0.257 e. The Hall–Kier alpha value is -2.77. The lowest BCUT2D eigenvalue weighted by Crippen LogP contribution is -2.30. The van der Waals surface area contributed by atoms with Crippen molar-refractivity contribution in [3.05, 3.63) is 45.4 Å². The van der Waals surface area contributed by atoms with E-state index in [-0.39, 0.29) is 17.4 Å². The number of nitrogens with one attached hydrogen (secondary N) is 1. The summed E-state index contributed by atoms with van der Waals surface area (Å²) in [7, 11) is 3.65. The molecular formula is C17H22N6O2. The van der Waals surface area contributed by atoms with Gasteiger partial charge in [-0.3, -0.25) is 14.6 Å². The highest BCUT2D eigenvalue weighted by Crippen LogP contribution is 2.27. The zero-order valence-electron chi connectivity index (χ0n) is 14.9. The fourth-order valence-corrected chi connectivity index (χ4v) is 3.03. The molecule has 0 aliphatic carbocycles. The molecule has 1 aliphatic heterocycles. The zero-order valence-corrected chi connectivity index (χ0v) is 14.9. The summed E-state index contributed by atoms with van der Waals surface area (Å²) in [6.45, 7) is 4.78. The highest BCUT2D eigenvalue weighted by molar-refractivity contribution is 5.95. The Bertz CT molecular complexity index is 860. The Morgan fingerprint density at radius 3 is 2.76 bits per heavy atom. The fourth-order valence-electron chi connectivity index (χ4n) is 3.03. The summed E-state index contributed by atoms with van der Waals surface area (Å²) >= 11 is 0. The molecule has 1 fully saturated rings. The molecule has 3 heterocycles. The largest absolute Gasteiger partial charge is 0.348 e. The molecule has 0 radical (unpaired) electrons. The molecule has 1 unspecified atom stereocenters. The number of rotatable bonds is 3. The van der Waals surface area contributed by atoms with Crippen LogP contribution in [0, 0.1) is 13.8 Å². The Morgan fingerprint density at radius 1 is 1.32 bits per heavy atom. The van der Waals surface area contributed by atoms with E-state index in [2.05, 4.69) is 19.9 Å². The molecule has 3 rings (SSSR count). The summed E-state index contributed by atoms with van der Waals surface area (Å²) in [6.07, 6.45) is 2.36. The topological polar surface area (TPSA) is 95.1 Å². The van der Waals surface area contributed by atoms with E-state index in [1.807, 2.05) is 21.0 Å². The summed E-state index contributed by atoms with van der Waals surface area (Å²) in [5, 5.41) is 0. The van der Waals surface area contributed by atoms with Crippen LogP contribution >= 0.6 is 0 Å². The predicted octanol–water partition coefficient (Wildman–Crippen LogP) is 0.872. The third-order valence-electron chi connectivity index (χ3n) is 4.40. The van der Waals surface area contributed by atoms with Crippen LogP contribution < -0.4 is 10.5 Å². The average molecular weight is 342 g/mol. The predicted molar refractivity (Wildman–Crippen MR) is 94.0 cm³/mol. The Kier molecular flexibility index (Phi) is 4.52. The van der Waals surface area contributed by atoms with E-state index in [4.69, 9.17) is 0 Å². The molecule has 0 bridgehead atoms. The lowest BCUT2D eigenvalue weighted by Gasteiger charge is -2.18. The van der Waals surface area contributed by atoms with Gasteiger partial charge >= 0.3 is 0 Å². The van der Waals surface area contributed by atoms with Gasteiger partial charge in [0.25, 0.3) is 11.5 Å². The van der Waals surface area contributed by atoms with E-state index in [1.54, 1.807) is 22.9 Å². The van der Waals surface area contributed by atoms with Crippen LogP contribution in [0.2, 0.25) is 0 Å². The molecule has 0 aromatic carbocycles. The minimum atomic E-state index is -0.179. The van der Waals surface area contributed by atoms with Crippen LogP contribution in [0.15, 0.2) is 17.1 Å². The van der Waals surface area contributed by atoms with Gasteiger partial charge in [0, 0.05) is 45.4 Å². The molecule has 132 valence electrons. The molecule has 1 N–H and O–H groups in total. The number of nitrogens with zero attached hydrogens (tertiary/aromatic N) is 5. The normalized spacial score (nSPS) is 17.0. The highest BCUT2D eigenvalue weighted by Gasteiger charge is 2.30. The van der Waals surface area contributed by atoms with Gasteiger partial charge < -0.3 is 9.80 Å². The van der Waals surface area contributed by atoms with Crippen LogP contribution in [0.3, 0.4) is 0 Å². The van der Waals surface area contributed by atoms with E-state index in [0.29, 0.717) is 36.1 Å². The number of aromatic nitrogens is 4. The molecule has 1 aliphatic rings. The van der Waals surface area contributed by atoms with Crippen molar-refractivity contribution < 1.29 is 4.79 Å². The van der Waals surface area contributed by atoms with Crippen molar-refractivity contribution in [2.45, 2.75) is 26.2 Å². The van der Waals surface area contributed by atoms with Crippen molar-refractivity contribution >= 4 is 11.9 Å². The second-order valence-corrected chi connectivity index (χ2v) is 6.54. The third kappa shape index (κ3) is 3.52. The Balaban J connectivity index is 1.80. The van der Waals surface area contributed by atoms with E-state index in [0.717, 1.165) is 12.1 Å². The molecule has 2 aromatic heterocycles. The molecule has 1 atom stereocenters. The van der Waals surface area contributed by atoms with E-state index in [1.165, 1.54) is 6.07 Å². The molecule has 8 heteroatoms. The average Bonchev–Trinajstić information content (AvgIpc) is 3.03. The van der Waals surface area contributed by atoms with Crippen molar-refractivity contribution in [3.8, 4) is 0 Å². The highest BCUT2D eigenvalue weighted by atomic mass is 16.2. The quantitative estimate of drug-likeness (QED) is 0.889. The number of carbonyl (C=O) groups is 1. The van der Waals surface area contributed by atoms with Crippen LogP contribution in [0.5, 0.6) is 0 Å². The molecule has 1 saturated heterocycles. The molecule has 2 aromatic rings. The number of amides is 1. The molecule has 8 nitrogen and oxygen atoms in total. The number of carbonyl (C=O) groups excluding carboxylic acids is 1. The second-order valence-electron chi connectivity index (χ2n) is 6.54. The fraction of sp³-hybridized carbons (Fsp3) is 0.471. The van der Waals surface area contributed by atoms with Crippen LogP contribution in [0.4, 0.5) is 5.95 Å². The third-order valence-corrected chi connectivity index (χ3v) is 4.40. The molecule has 0 spiro atoms. The van der Waals surface area contributed by atoms with Gasteiger partial charge in [0.15, 0.2) is 0 Å². The van der Waals surface area contributed by atoms with Crippen LogP contribution in [-0.2, 0) is 0 Å². The summed E-state index contributed by atoms with van der Waals surface area (Å²) in [5.74, 6) is 1.15. The van der Waals surface area contributed by atoms with Gasteiger partial charge in [-0.05, 0) is 20.3 Å². The maximum atomic E-state index is 12.7. The van der Waals surface area contributed by atoms with Crippen molar-refractivity contribution in [1.29, 1.82) is 0 Å². The lowest BCUT2D eigenvalue weighted by molar-refractivity contribution is 0.0789. The summed E-state index contributed by atoms with van der Waals surface area (Å²) < 4.78 is 0. The van der Waals surface area contributed by atoms with Gasteiger partial charge in [-0.1, -0.05) is 0 Å². The number of aromatic amines is 1. The first-order chi connectivity index (χ1) is 11.8. The molecule has 0 saturated carbocycles. The van der Waals surface area contributed by atoms with Gasteiger partial charge in [0.1, 0.15) is 5.82 Å². The zero-order chi connectivity index (χ0) is 18.1. The minimum absolute atomic E-state index is 0.0524. The van der Waals surface area contributed by atoms with Gasteiger partial charge in [-0.2, -0.15) is 0 Å².